The van der Waals surface area contributed by atoms with Gasteiger partial charge in [-0.25, -0.2) is 0 Å². The molecule has 0 saturated heterocycles. The van der Waals surface area contributed by atoms with Gasteiger partial charge in [-0.05, 0) is 24.0 Å². The number of carboxylic acids is 1. The van der Waals surface area contributed by atoms with Crippen molar-refractivity contribution in [2.75, 3.05) is 6.54 Å². The van der Waals surface area contributed by atoms with E-state index < -0.39 is 12.0 Å². The number of rotatable bonds is 11. The van der Waals surface area contributed by atoms with Crippen LogP contribution in [0.1, 0.15) is 29.5 Å². The first-order valence-electron chi connectivity index (χ1n) is 11.5. The minimum absolute atomic E-state index is 0.233. The van der Waals surface area contributed by atoms with E-state index in [1.54, 1.807) is 0 Å². The van der Waals surface area contributed by atoms with Gasteiger partial charge in [0.15, 0.2) is 11.3 Å². The molecule has 4 rings (SSSR count). The third-order valence-corrected chi connectivity index (χ3v) is 6.34. The first-order valence-corrected chi connectivity index (χ1v) is 12.0. The molecule has 2 N–H and O–H groups in total. The van der Waals surface area contributed by atoms with Gasteiger partial charge in [-0.1, -0.05) is 91.0 Å². The summed E-state index contributed by atoms with van der Waals surface area (Å²) in [5.41, 5.74) is 5.99. The smallest absolute Gasteiger partial charge is 0.320 e. The van der Waals surface area contributed by atoms with E-state index in [2.05, 4.69) is 33.0 Å². The quantitative estimate of drug-likeness (QED) is 0.360. The van der Waals surface area contributed by atoms with E-state index in [0.717, 1.165) is 22.5 Å². The maximum atomic E-state index is 12.4. The van der Waals surface area contributed by atoms with Crippen molar-refractivity contribution in [2.24, 2.45) is 5.10 Å². The standard InChI is InChI=1S/C27H30N4O2S/c32-26(33)24(17-10-18-31-25(28-29-27(31)34)23-15-8-3-9-16-23)30(19-21-11-4-1-5-12-21)20-22-13-6-2-7-14-22/h1-9,11-16,24,27,29,34H,10,17-20H2,(H,32,33). The van der Waals surface area contributed by atoms with Crippen LogP contribution in [0.25, 0.3) is 0 Å². The molecule has 3 aromatic carbocycles. The number of thiol groups is 1. The predicted octanol–water partition coefficient (Wildman–Crippen LogP) is 4.40. The highest BCUT2D eigenvalue weighted by molar-refractivity contribution is 7.80. The third kappa shape index (κ3) is 6.18. The van der Waals surface area contributed by atoms with Crippen molar-refractivity contribution in [3.05, 3.63) is 108 Å². The van der Waals surface area contributed by atoms with Gasteiger partial charge in [0.1, 0.15) is 6.04 Å². The van der Waals surface area contributed by atoms with Gasteiger partial charge in [-0.3, -0.25) is 15.1 Å². The minimum Gasteiger partial charge on any atom is -0.480 e. The molecule has 0 saturated carbocycles. The molecule has 2 atom stereocenters. The second-order valence-corrected chi connectivity index (χ2v) is 8.86. The number of hydrogen-bond acceptors (Lipinski definition) is 6. The Morgan fingerprint density at radius 1 is 0.941 bits per heavy atom. The average Bonchev–Trinajstić information content (AvgIpc) is 3.23. The molecular formula is C27H30N4O2S. The molecule has 1 heterocycles. The number of amidine groups is 1. The summed E-state index contributed by atoms with van der Waals surface area (Å²) in [6.07, 6.45) is 1.22. The van der Waals surface area contributed by atoms with Gasteiger partial charge < -0.3 is 10.0 Å². The van der Waals surface area contributed by atoms with E-state index in [0.29, 0.717) is 32.5 Å². The molecular weight excluding hydrogens is 444 g/mol. The molecule has 176 valence electrons. The second-order valence-electron chi connectivity index (χ2n) is 8.37. The van der Waals surface area contributed by atoms with Crippen molar-refractivity contribution in [3.63, 3.8) is 0 Å². The highest BCUT2D eigenvalue weighted by atomic mass is 32.1. The van der Waals surface area contributed by atoms with Gasteiger partial charge >= 0.3 is 5.97 Å². The minimum atomic E-state index is -0.800. The van der Waals surface area contributed by atoms with E-state index in [4.69, 9.17) is 0 Å². The van der Waals surface area contributed by atoms with Crippen LogP contribution in [-0.2, 0) is 17.9 Å². The fourth-order valence-corrected chi connectivity index (χ4v) is 4.53. The molecule has 0 radical (unpaired) electrons. The van der Waals surface area contributed by atoms with Crippen LogP contribution >= 0.6 is 12.6 Å². The summed E-state index contributed by atoms with van der Waals surface area (Å²) in [6, 6.07) is 29.4. The van der Waals surface area contributed by atoms with Crippen LogP contribution in [0, 0.1) is 0 Å². The summed E-state index contributed by atoms with van der Waals surface area (Å²) < 4.78 is 0. The average molecular weight is 475 g/mol. The van der Waals surface area contributed by atoms with Gasteiger partial charge in [0, 0.05) is 25.2 Å². The van der Waals surface area contributed by atoms with E-state index in [-0.39, 0.29) is 5.50 Å². The van der Waals surface area contributed by atoms with E-state index >= 15 is 0 Å². The summed E-state index contributed by atoms with van der Waals surface area (Å²) in [4.78, 5) is 16.5. The van der Waals surface area contributed by atoms with Crippen molar-refractivity contribution in [1.29, 1.82) is 0 Å². The van der Waals surface area contributed by atoms with Gasteiger partial charge in [0.25, 0.3) is 0 Å². The molecule has 2 unspecified atom stereocenters. The van der Waals surface area contributed by atoms with Crippen molar-refractivity contribution >= 4 is 24.4 Å². The van der Waals surface area contributed by atoms with Crippen LogP contribution in [-0.4, -0.2) is 44.8 Å². The van der Waals surface area contributed by atoms with Crippen molar-refractivity contribution in [2.45, 2.75) is 37.5 Å². The first-order chi connectivity index (χ1) is 16.6. The Labute approximate surface area is 206 Å². The molecule has 0 bridgehead atoms. The predicted molar refractivity (Wildman–Crippen MR) is 138 cm³/mol. The third-order valence-electron chi connectivity index (χ3n) is 5.94. The molecule has 0 fully saturated rings. The Balaban J connectivity index is 1.46. The maximum absolute atomic E-state index is 12.4. The van der Waals surface area contributed by atoms with E-state index in [1.165, 1.54) is 0 Å². The number of carboxylic acid groups (broad SMARTS) is 1. The normalized spacial score (nSPS) is 16.2. The number of aliphatic carboxylic acids is 1. The van der Waals surface area contributed by atoms with Gasteiger partial charge in [-0.2, -0.15) is 5.10 Å². The fourth-order valence-electron chi connectivity index (χ4n) is 4.24. The number of nitrogens with zero attached hydrogens (tertiary/aromatic N) is 3. The molecule has 1 aliphatic heterocycles. The molecule has 0 aliphatic carbocycles. The summed E-state index contributed by atoms with van der Waals surface area (Å²) in [5.74, 6) is 0.0312. The maximum Gasteiger partial charge on any atom is 0.320 e. The van der Waals surface area contributed by atoms with Crippen molar-refractivity contribution in [1.82, 2.24) is 15.2 Å². The molecule has 34 heavy (non-hydrogen) atoms. The van der Waals surface area contributed by atoms with E-state index in [9.17, 15) is 9.90 Å². The molecule has 0 aromatic heterocycles. The summed E-state index contributed by atoms with van der Waals surface area (Å²) in [6.45, 7) is 1.80. The Hall–Kier alpha value is -3.29. The fraction of sp³-hybridized carbons (Fsp3) is 0.259. The molecule has 0 spiro atoms. The zero-order chi connectivity index (χ0) is 23.8. The number of hydrazone groups is 1. The van der Waals surface area contributed by atoms with Crippen LogP contribution < -0.4 is 5.43 Å². The molecule has 6 nitrogen and oxygen atoms in total. The van der Waals surface area contributed by atoms with Gasteiger partial charge in [0.2, 0.25) is 0 Å². The number of hydrogen-bond donors (Lipinski definition) is 3. The number of carbonyl (C=O) groups is 1. The van der Waals surface area contributed by atoms with Crippen LogP contribution in [0.2, 0.25) is 0 Å². The van der Waals surface area contributed by atoms with Crippen LogP contribution in [0.4, 0.5) is 0 Å². The molecule has 3 aromatic rings. The van der Waals surface area contributed by atoms with E-state index in [1.807, 2.05) is 91.0 Å². The Morgan fingerprint density at radius 3 is 2.00 bits per heavy atom. The lowest BCUT2D eigenvalue weighted by molar-refractivity contribution is -0.144. The summed E-state index contributed by atoms with van der Waals surface area (Å²) in [7, 11) is 0. The summed E-state index contributed by atoms with van der Waals surface area (Å²) in [5, 5.41) is 14.6. The van der Waals surface area contributed by atoms with Gasteiger partial charge in [-0.15, -0.1) is 12.6 Å². The SMILES string of the molecule is O=C(O)C(CCCN1C(c2ccccc2)=NNC1S)N(Cc1ccccc1)Cc1ccccc1. The zero-order valence-electron chi connectivity index (χ0n) is 19.0. The number of benzene rings is 3. The largest absolute Gasteiger partial charge is 0.480 e. The lowest BCUT2D eigenvalue weighted by Crippen LogP contribution is -2.42. The highest BCUT2D eigenvalue weighted by Gasteiger charge is 2.29. The van der Waals surface area contributed by atoms with Gasteiger partial charge in [0.05, 0.1) is 0 Å². The van der Waals surface area contributed by atoms with Crippen LogP contribution in [0.3, 0.4) is 0 Å². The van der Waals surface area contributed by atoms with Crippen molar-refractivity contribution < 1.29 is 9.90 Å². The Morgan fingerprint density at radius 2 is 1.47 bits per heavy atom. The number of nitrogens with one attached hydrogen (secondary N) is 1. The van der Waals surface area contributed by atoms with Crippen molar-refractivity contribution in [3.8, 4) is 0 Å². The summed E-state index contributed by atoms with van der Waals surface area (Å²) >= 11 is 4.61. The lowest BCUT2D eigenvalue weighted by Gasteiger charge is -2.30. The monoisotopic (exact) mass is 474 g/mol. The second kappa shape index (κ2) is 11.7. The first kappa shape index (κ1) is 23.9. The topological polar surface area (TPSA) is 68.2 Å². The molecule has 7 heteroatoms. The Kier molecular flexibility index (Phi) is 8.22. The van der Waals surface area contributed by atoms with Crippen LogP contribution in [0.5, 0.6) is 0 Å². The Bertz CT molecular complexity index is 1040. The zero-order valence-corrected chi connectivity index (χ0v) is 19.9. The lowest BCUT2D eigenvalue weighted by atomic mass is 10.1. The molecule has 0 amide bonds. The van der Waals surface area contributed by atoms with Crippen LogP contribution in [0.15, 0.2) is 96.1 Å². The highest BCUT2D eigenvalue weighted by Crippen LogP contribution is 2.20. The molecule has 1 aliphatic rings.